The molecule has 2 heterocycles. The first-order valence-electron chi connectivity index (χ1n) is 9.44. The molecule has 0 fully saturated rings. The lowest BCUT2D eigenvalue weighted by Gasteiger charge is -2.12. The fraction of sp³-hybridized carbons (Fsp3) is 0.136. The molecule has 0 bridgehead atoms. The van der Waals surface area contributed by atoms with Crippen LogP contribution in [0.2, 0.25) is 0 Å². The number of rotatable bonds is 4. The van der Waals surface area contributed by atoms with Crippen LogP contribution in [0, 0.1) is 6.92 Å². The highest BCUT2D eigenvalue weighted by Crippen LogP contribution is 2.25. The zero-order valence-corrected chi connectivity index (χ0v) is 16.9. The molecule has 31 heavy (non-hydrogen) atoms. The second kappa shape index (κ2) is 7.94. The third kappa shape index (κ3) is 3.85. The predicted octanol–water partition coefficient (Wildman–Crippen LogP) is 3.00. The van der Waals surface area contributed by atoms with E-state index in [1.165, 1.54) is 16.8 Å². The summed E-state index contributed by atoms with van der Waals surface area (Å²) in [4.78, 5) is 38.0. The number of aryl methyl sites for hydroxylation is 2. The van der Waals surface area contributed by atoms with Crippen molar-refractivity contribution in [3.05, 3.63) is 75.7 Å². The minimum Gasteiger partial charge on any atom is -0.368 e. The highest BCUT2D eigenvalue weighted by atomic mass is 19.1. The highest BCUT2D eigenvalue weighted by molar-refractivity contribution is 6.04. The lowest BCUT2D eigenvalue weighted by Crippen LogP contribution is -2.22. The minimum atomic E-state index is -0.651. The number of alkyl halides is 1. The first-order chi connectivity index (χ1) is 14.9. The van der Waals surface area contributed by atoms with Crippen molar-refractivity contribution in [3.63, 3.8) is 0 Å². The van der Waals surface area contributed by atoms with E-state index in [1.54, 1.807) is 43.4 Å². The fourth-order valence-corrected chi connectivity index (χ4v) is 3.26. The summed E-state index contributed by atoms with van der Waals surface area (Å²) in [6.45, 7) is 1.19. The van der Waals surface area contributed by atoms with Gasteiger partial charge in [0.2, 0.25) is 5.95 Å². The Morgan fingerprint density at radius 2 is 2.00 bits per heavy atom. The van der Waals surface area contributed by atoms with Crippen LogP contribution >= 0.6 is 0 Å². The summed E-state index contributed by atoms with van der Waals surface area (Å²) in [5, 5.41) is 2.79. The first-order valence-corrected chi connectivity index (χ1v) is 9.44. The summed E-state index contributed by atoms with van der Waals surface area (Å²) in [5.41, 5.74) is 8.83. The van der Waals surface area contributed by atoms with E-state index in [0.29, 0.717) is 33.5 Å². The van der Waals surface area contributed by atoms with Gasteiger partial charge in [-0.3, -0.25) is 14.2 Å². The zero-order valence-electron chi connectivity index (χ0n) is 16.9. The zero-order chi connectivity index (χ0) is 22.1. The molecule has 0 aliphatic rings. The Morgan fingerprint density at radius 1 is 1.19 bits per heavy atom. The van der Waals surface area contributed by atoms with Gasteiger partial charge in [-0.05, 0) is 42.3 Å². The van der Waals surface area contributed by atoms with E-state index >= 15 is 0 Å². The van der Waals surface area contributed by atoms with E-state index in [-0.39, 0.29) is 23.1 Å². The van der Waals surface area contributed by atoms with Crippen LogP contribution in [0.15, 0.2) is 53.5 Å². The number of carbonyl (C=O) groups is 1. The molecule has 0 atom stereocenters. The third-order valence-corrected chi connectivity index (χ3v) is 4.92. The number of benzene rings is 2. The van der Waals surface area contributed by atoms with Gasteiger partial charge in [0, 0.05) is 23.9 Å². The molecule has 0 radical (unpaired) electrons. The molecule has 0 spiro atoms. The quantitative estimate of drug-likeness (QED) is 0.526. The van der Waals surface area contributed by atoms with Gasteiger partial charge in [0.1, 0.15) is 17.9 Å². The van der Waals surface area contributed by atoms with Crippen LogP contribution in [0.5, 0.6) is 0 Å². The Morgan fingerprint density at radius 3 is 2.77 bits per heavy atom. The van der Waals surface area contributed by atoms with Crippen LogP contribution in [0.3, 0.4) is 0 Å². The second-order valence-corrected chi connectivity index (χ2v) is 7.08. The Bertz CT molecular complexity index is 1380. The van der Waals surface area contributed by atoms with Gasteiger partial charge in [0.15, 0.2) is 5.65 Å². The number of anilines is 2. The lowest BCUT2D eigenvalue weighted by atomic mass is 10.0. The summed E-state index contributed by atoms with van der Waals surface area (Å²) in [5.74, 6) is -0.330. The van der Waals surface area contributed by atoms with Gasteiger partial charge in [-0.25, -0.2) is 14.4 Å². The van der Waals surface area contributed by atoms with Crippen molar-refractivity contribution in [3.8, 4) is 11.3 Å². The predicted molar refractivity (Wildman–Crippen MR) is 116 cm³/mol. The maximum absolute atomic E-state index is 12.9. The summed E-state index contributed by atoms with van der Waals surface area (Å²) >= 11 is 0. The topological polar surface area (TPSA) is 116 Å². The van der Waals surface area contributed by atoms with Crippen LogP contribution in [0.1, 0.15) is 21.5 Å². The number of halogens is 1. The number of aromatic nitrogens is 4. The number of nitrogens with one attached hydrogen (secondary N) is 1. The number of fused-ring (bicyclic) bond motifs is 1. The van der Waals surface area contributed by atoms with Gasteiger partial charge < -0.3 is 11.1 Å². The van der Waals surface area contributed by atoms with Gasteiger partial charge in [-0.2, -0.15) is 4.98 Å². The van der Waals surface area contributed by atoms with Gasteiger partial charge in [-0.15, -0.1) is 0 Å². The molecule has 2 aromatic heterocycles. The van der Waals surface area contributed by atoms with Gasteiger partial charge in [0.05, 0.1) is 6.20 Å². The molecule has 0 aliphatic carbocycles. The molecular formula is C22H19FN6O2. The highest BCUT2D eigenvalue weighted by Gasteiger charge is 2.16. The Labute approximate surface area is 176 Å². The Kier molecular flexibility index (Phi) is 5.16. The smallest absolute Gasteiger partial charge is 0.278 e. The molecule has 2 aromatic carbocycles. The van der Waals surface area contributed by atoms with Crippen molar-refractivity contribution < 1.29 is 9.18 Å². The Balaban J connectivity index is 1.75. The van der Waals surface area contributed by atoms with Gasteiger partial charge in [0.25, 0.3) is 11.5 Å². The van der Waals surface area contributed by atoms with Crippen molar-refractivity contribution in [2.24, 2.45) is 7.05 Å². The number of carbonyl (C=O) groups excluding carboxylic acids is 1. The average molecular weight is 418 g/mol. The summed E-state index contributed by atoms with van der Waals surface area (Å²) in [6, 6.07) is 11.5. The molecule has 4 rings (SSSR count). The monoisotopic (exact) mass is 418 g/mol. The molecule has 0 unspecified atom stereocenters. The molecule has 0 aliphatic heterocycles. The minimum absolute atomic E-state index is 0.0507. The number of amides is 1. The largest absolute Gasteiger partial charge is 0.368 e. The van der Waals surface area contributed by atoms with Crippen LogP contribution in [0.4, 0.5) is 16.0 Å². The van der Waals surface area contributed by atoms with Crippen LogP contribution < -0.4 is 16.6 Å². The molecule has 0 saturated carbocycles. The van der Waals surface area contributed by atoms with Crippen LogP contribution in [-0.4, -0.2) is 25.4 Å². The number of hydrogen-bond acceptors (Lipinski definition) is 6. The van der Waals surface area contributed by atoms with Crippen molar-refractivity contribution in [1.82, 2.24) is 19.5 Å². The molecule has 0 saturated heterocycles. The van der Waals surface area contributed by atoms with E-state index in [2.05, 4.69) is 20.3 Å². The normalized spacial score (nSPS) is 10.9. The van der Waals surface area contributed by atoms with Gasteiger partial charge >= 0.3 is 0 Å². The van der Waals surface area contributed by atoms with E-state index in [4.69, 9.17) is 5.73 Å². The molecule has 4 aromatic rings. The maximum Gasteiger partial charge on any atom is 0.278 e. The van der Waals surface area contributed by atoms with Crippen LogP contribution in [-0.2, 0) is 13.7 Å². The molecule has 8 nitrogen and oxygen atoms in total. The number of nitrogens with two attached hydrogens (primary N) is 1. The summed E-state index contributed by atoms with van der Waals surface area (Å²) < 4.78 is 14.3. The fourth-order valence-electron chi connectivity index (χ4n) is 3.26. The second-order valence-electron chi connectivity index (χ2n) is 7.08. The number of nitrogens with zero attached hydrogens (tertiary/aromatic N) is 4. The van der Waals surface area contributed by atoms with Crippen LogP contribution in [0.25, 0.3) is 22.4 Å². The first kappa shape index (κ1) is 20.1. The van der Waals surface area contributed by atoms with Crippen molar-refractivity contribution in [2.75, 3.05) is 11.1 Å². The summed E-state index contributed by atoms with van der Waals surface area (Å²) in [6.07, 6.45) is 1.46. The molecular weight excluding hydrogens is 399 g/mol. The standard InChI is InChI=1S/C22H19FN6O2/c1-12-6-7-15(26-20(30)14-5-3-4-13(8-14)10-23)9-16(12)18-21(31)29(2)19-17(27-18)11-25-22(24)28-19/h3-9,11H,10H2,1-2H3,(H,26,30)(H2,24,25,28). The van der Waals surface area contributed by atoms with E-state index < -0.39 is 6.67 Å². The van der Waals surface area contributed by atoms with E-state index in [9.17, 15) is 14.0 Å². The maximum atomic E-state index is 12.9. The SMILES string of the molecule is Cc1ccc(NC(=O)c2cccc(CF)c2)cc1-c1nc2cnc(N)nc2n(C)c1=O. The Hall–Kier alpha value is -4.14. The van der Waals surface area contributed by atoms with Crippen molar-refractivity contribution >= 4 is 28.7 Å². The molecule has 3 N–H and O–H groups in total. The number of hydrogen-bond donors (Lipinski definition) is 2. The molecule has 1 amide bonds. The summed E-state index contributed by atoms with van der Waals surface area (Å²) in [7, 11) is 1.58. The number of nitrogen functional groups attached to an aromatic ring is 1. The van der Waals surface area contributed by atoms with Crippen molar-refractivity contribution in [1.29, 1.82) is 0 Å². The van der Waals surface area contributed by atoms with Gasteiger partial charge in [-0.1, -0.05) is 18.2 Å². The van der Waals surface area contributed by atoms with E-state index in [0.717, 1.165) is 5.56 Å². The average Bonchev–Trinajstić information content (AvgIpc) is 2.78. The van der Waals surface area contributed by atoms with Crippen molar-refractivity contribution in [2.45, 2.75) is 13.6 Å². The molecule has 156 valence electrons. The molecule has 9 heteroatoms. The third-order valence-electron chi connectivity index (χ3n) is 4.92. The lowest BCUT2D eigenvalue weighted by molar-refractivity contribution is 0.102. The van der Waals surface area contributed by atoms with E-state index in [1.807, 2.05) is 6.92 Å².